The van der Waals surface area contributed by atoms with Crippen molar-refractivity contribution in [2.45, 2.75) is 19.3 Å². The maximum absolute atomic E-state index is 2.45. The topological polar surface area (TPSA) is 3.24 Å². The molecule has 0 saturated carbocycles. The Kier molecular flexibility index (Phi) is 5.19. The Bertz CT molecular complexity index is 1780. The number of hydrogen-bond acceptors (Lipinski definition) is 1. The predicted molar refractivity (Wildman–Crippen MR) is 162 cm³/mol. The number of rotatable bonds is 4. The standard InChI is InChI=1S/C37H29N/c1-37(2)32-22-12-11-21-30(32)31-24-25-34(35(36(31)37)27-15-5-3-6-16-27)38(28-18-7-4-8-19-28)33-23-13-17-26-14-9-10-20-29(26)33/h3-25H,1-2H3. The van der Waals surface area contributed by atoms with Gasteiger partial charge >= 0.3 is 0 Å². The highest BCUT2D eigenvalue weighted by atomic mass is 15.1. The summed E-state index contributed by atoms with van der Waals surface area (Å²) < 4.78 is 0. The van der Waals surface area contributed by atoms with E-state index < -0.39 is 0 Å². The van der Waals surface area contributed by atoms with Gasteiger partial charge in [0.05, 0.1) is 11.4 Å². The molecule has 1 heteroatoms. The fraction of sp³-hybridized carbons (Fsp3) is 0.0811. The van der Waals surface area contributed by atoms with Crippen LogP contribution in [0.4, 0.5) is 17.1 Å². The van der Waals surface area contributed by atoms with E-state index in [9.17, 15) is 0 Å². The number of anilines is 3. The van der Waals surface area contributed by atoms with Gasteiger partial charge < -0.3 is 4.90 Å². The zero-order chi connectivity index (χ0) is 25.7. The van der Waals surface area contributed by atoms with Gasteiger partial charge in [-0.15, -0.1) is 0 Å². The molecule has 182 valence electrons. The summed E-state index contributed by atoms with van der Waals surface area (Å²) in [4.78, 5) is 2.45. The van der Waals surface area contributed by atoms with E-state index >= 15 is 0 Å². The zero-order valence-corrected chi connectivity index (χ0v) is 21.7. The molecule has 0 unspecified atom stereocenters. The molecule has 7 rings (SSSR count). The smallest absolute Gasteiger partial charge is 0.0543 e. The summed E-state index contributed by atoms with van der Waals surface area (Å²) >= 11 is 0. The summed E-state index contributed by atoms with van der Waals surface area (Å²) in [6.45, 7) is 4.75. The second-order valence-electron chi connectivity index (χ2n) is 10.6. The zero-order valence-electron chi connectivity index (χ0n) is 21.7. The van der Waals surface area contributed by atoms with Gasteiger partial charge in [-0.05, 0) is 57.5 Å². The number of nitrogens with zero attached hydrogens (tertiary/aromatic N) is 1. The van der Waals surface area contributed by atoms with Gasteiger partial charge in [0, 0.05) is 22.1 Å². The SMILES string of the molecule is CC1(C)c2ccccc2-c2ccc(N(c3ccccc3)c3cccc4ccccc34)c(-c3ccccc3)c21. The number of para-hydroxylation sites is 1. The van der Waals surface area contributed by atoms with E-state index in [1.807, 2.05) is 0 Å². The normalized spacial score (nSPS) is 13.2. The Labute approximate surface area is 224 Å². The summed E-state index contributed by atoms with van der Waals surface area (Å²) in [5, 5.41) is 2.47. The third-order valence-electron chi connectivity index (χ3n) is 8.02. The summed E-state index contributed by atoms with van der Waals surface area (Å²) in [7, 11) is 0. The van der Waals surface area contributed by atoms with E-state index in [-0.39, 0.29) is 5.41 Å². The Morgan fingerprint density at radius 2 is 1.16 bits per heavy atom. The molecule has 1 aliphatic carbocycles. The first-order chi connectivity index (χ1) is 18.6. The molecule has 6 aromatic rings. The van der Waals surface area contributed by atoms with Gasteiger partial charge in [0.15, 0.2) is 0 Å². The van der Waals surface area contributed by atoms with Crippen molar-refractivity contribution in [3.05, 3.63) is 151 Å². The average Bonchev–Trinajstić information content (AvgIpc) is 3.21. The molecule has 0 aromatic heterocycles. The van der Waals surface area contributed by atoms with E-state index in [1.165, 1.54) is 55.5 Å². The molecular formula is C37H29N. The van der Waals surface area contributed by atoms with Crippen molar-refractivity contribution in [3.63, 3.8) is 0 Å². The van der Waals surface area contributed by atoms with Gasteiger partial charge in [-0.25, -0.2) is 0 Å². The summed E-state index contributed by atoms with van der Waals surface area (Å²) in [6, 6.07) is 50.5. The summed E-state index contributed by atoms with van der Waals surface area (Å²) in [6.07, 6.45) is 0. The van der Waals surface area contributed by atoms with Crippen molar-refractivity contribution >= 4 is 27.8 Å². The highest BCUT2D eigenvalue weighted by Crippen LogP contribution is 2.56. The van der Waals surface area contributed by atoms with Crippen LogP contribution in [0.3, 0.4) is 0 Å². The van der Waals surface area contributed by atoms with Gasteiger partial charge in [0.1, 0.15) is 0 Å². The van der Waals surface area contributed by atoms with Gasteiger partial charge in [0.25, 0.3) is 0 Å². The van der Waals surface area contributed by atoms with Crippen LogP contribution in [0.5, 0.6) is 0 Å². The minimum absolute atomic E-state index is 0.131. The Balaban J connectivity index is 1.60. The molecule has 6 aromatic carbocycles. The Hall–Kier alpha value is -4.62. The van der Waals surface area contributed by atoms with E-state index in [4.69, 9.17) is 0 Å². The molecule has 0 atom stereocenters. The molecule has 1 nitrogen and oxygen atoms in total. The molecule has 1 aliphatic rings. The second-order valence-corrected chi connectivity index (χ2v) is 10.6. The first-order valence-corrected chi connectivity index (χ1v) is 13.3. The van der Waals surface area contributed by atoms with Gasteiger partial charge in [-0.3, -0.25) is 0 Å². The lowest BCUT2D eigenvalue weighted by Crippen LogP contribution is -2.19. The fourth-order valence-corrected chi connectivity index (χ4v) is 6.33. The van der Waals surface area contributed by atoms with Crippen LogP contribution in [0, 0.1) is 0 Å². The highest BCUT2D eigenvalue weighted by Gasteiger charge is 2.39. The van der Waals surface area contributed by atoms with E-state index in [0.29, 0.717) is 0 Å². The molecule has 0 spiro atoms. The lowest BCUT2D eigenvalue weighted by atomic mass is 9.78. The molecule has 0 aliphatic heterocycles. The third-order valence-corrected chi connectivity index (χ3v) is 8.02. The van der Waals surface area contributed by atoms with Crippen LogP contribution in [0.15, 0.2) is 140 Å². The first-order valence-electron chi connectivity index (χ1n) is 13.3. The van der Waals surface area contributed by atoms with Crippen molar-refractivity contribution in [1.29, 1.82) is 0 Å². The maximum Gasteiger partial charge on any atom is 0.0543 e. The number of hydrogen-bond donors (Lipinski definition) is 0. The minimum atomic E-state index is -0.131. The largest absolute Gasteiger partial charge is 0.309 e. The van der Waals surface area contributed by atoms with Crippen LogP contribution in [0.2, 0.25) is 0 Å². The van der Waals surface area contributed by atoms with E-state index in [0.717, 1.165) is 5.69 Å². The van der Waals surface area contributed by atoms with Crippen LogP contribution in [-0.2, 0) is 5.41 Å². The van der Waals surface area contributed by atoms with Crippen LogP contribution in [0.1, 0.15) is 25.0 Å². The highest BCUT2D eigenvalue weighted by molar-refractivity contribution is 6.03. The quantitative estimate of drug-likeness (QED) is 0.239. The molecule has 0 bridgehead atoms. The average molecular weight is 488 g/mol. The molecule has 0 saturated heterocycles. The molecular weight excluding hydrogens is 458 g/mol. The van der Waals surface area contributed by atoms with Gasteiger partial charge in [0.2, 0.25) is 0 Å². The fourth-order valence-electron chi connectivity index (χ4n) is 6.33. The monoisotopic (exact) mass is 487 g/mol. The number of fused-ring (bicyclic) bond motifs is 4. The van der Waals surface area contributed by atoms with Crippen molar-refractivity contribution < 1.29 is 0 Å². The Morgan fingerprint density at radius 1 is 0.500 bits per heavy atom. The molecule has 38 heavy (non-hydrogen) atoms. The summed E-state index contributed by atoms with van der Waals surface area (Å²) in [5.74, 6) is 0. The van der Waals surface area contributed by atoms with Crippen molar-refractivity contribution in [2.75, 3.05) is 4.90 Å². The second kappa shape index (κ2) is 8.75. The molecule has 0 N–H and O–H groups in total. The van der Waals surface area contributed by atoms with Crippen molar-refractivity contribution in [3.8, 4) is 22.3 Å². The van der Waals surface area contributed by atoms with Crippen molar-refractivity contribution in [2.24, 2.45) is 0 Å². The summed E-state index contributed by atoms with van der Waals surface area (Å²) in [5.41, 5.74) is 11.4. The molecule has 0 heterocycles. The van der Waals surface area contributed by atoms with Crippen molar-refractivity contribution in [1.82, 2.24) is 0 Å². The van der Waals surface area contributed by atoms with Gasteiger partial charge in [-0.1, -0.05) is 129 Å². The molecule has 0 fully saturated rings. The molecule has 0 amide bonds. The van der Waals surface area contributed by atoms with Crippen LogP contribution < -0.4 is 4.90 Å². The van der Waals surface area contributed by atoms with E-state index in [1.54, 1.807) is 0 Å². The predicted octanol–water partition coefficient (Wildman–Crippen LogP) is 10.3. The number of benzene rings is 6. The lowest BCUT2D eigenvalue weighted by Gasteiger charge is -2.32. The third kappa shape index (κ3) is 3.39. The lowest BCUT2D eigenvalue weighted by molar-refractivity contribution is 0.662. The first kappa shape index (κ1) is 22.6. The van der Waals surface area contributed by atoms with Crippen LogP contribution in [0.25, 0.3) is 33.0 Å². The van der Waals surface area contributed by atoms with Gasteiger partial charge in [-0.2, -0.15) is 0 Å². The minimum Gasteiger partial charge on any atom is -0.309 e. The van der Waals surface area contributed by atoms with Crippen LogP contribution >= 0.6 is 0 Å². The Morgan fingerprint density at radius 3 is 1.97 bits per heavy atom. The van der Waals surface area contributed by atoms with E-state index in [2.05, 4.69) is 158 Å². The maximum atomic E-state index is 2.45. The molecule has 0 radical (unpaired) electrons. The van der Waals surface area contributed by atoms with Crippen LogP contribution in [-0.4, -0.2) is 0 Å².